The Morgan fingerprint density at radius 1 is 1.00 bits per heavy atom. The lowest BCUT2D eigenvalue weighted by molar-refractivity contribution is -0.140. The summed E-state index contributed by atoms with van der Waals surface area (Å²) in [5.41, 5.74) is 0.891. The first-order chi connectivity index (χ1) is 15.3. The van der Waals surface area contributed by atoms with Gasteiger partial charge in [-0.3, -0.25) is 9.59 Å². The second-order valence-corrected chi connectivity index (χ2v) is 7.60. The summed E-state index contributed by atoms with van der Waals surface area (Å²) in [5, 5.41) is 11.3. The van der Waals surface area contributed by atoms with Crippen LogP contribution in [0.4, 0.5) is 0 Å². The summed E-state index contributed by atoms with van der Waals surface area (Å²) in [4.78, 5) is 29.6. The maximum absolute atomic E-state index is 13.2. The van der Waals surface area contributed by atoms with E-state index in [4.69, 9.17) is 14.2 Å². The Hall–Kier alpha value is -3.52. The molecule has 8 nitrogen and oxygen atoms in total. The second-order valence-electron chi connectivity index (χ2n) is 7.60. The molecule has 0 unspecified atom stereocenters. The van der Waals surface area contributed by atoms with Gasteiger partial charge in [0.05, 0.1) is 38.5 Å². The minimum Gasteiger partial charge on any atom is -0.507 e. The maximum atomic E-state index is 13.2. The van der Waals surface area contributed by atoms with Gasteiger partial charge >= 0.3 is 0 Å². The third kappa shape index (κ3) is 4.27. The first kappa shape index (κ1) is 23.1. The molecule has 1 aliphatic heterocycles. The van der Waals surface area contributed by atoms with E-state index in [1.807, 2.05) is 19.0 Å². The molecule has 1 aliphatic rings. The van der Waals surface area contributed by atoms with E-state index >= 15 is 0 Å². The number of likely N-dealkylation sites (N-methyl/N-ethyl adjacent to an activating group) is 1. The lowest BCUT2D eigenvalue weighted by Crippen LogP contribution is -2.35. The highest BCUT2D eigenvalue weighted by Gasteiger charge is 2.47. The zero-order chi connectivity index (χ0) is 23.4. The van der Waals surface area contributed by atoms with Crippen molar-refractivity contribution in [2.75, 3.05) is 48.5 Å². The van der Waals surface area contributed by atoms with E-state index in [0.717, 1.165) is 0 Å². The smallest absolute Gasteiger partial charge is 0.295 e. The van der Waals surface area contributed by atoms with Crippen LogP contribution < -0.4 is 14.2 Å². The molecule has 1 amide bonds. The Kier molecular flexibility index (Phi) is 7.05. The number of ketones is 1. The average Bonchev–Trinajstić information content (AvgIpc) is 3.06. The largest absolute Gasteiger partial charge is 0.507 e. The number of nitrogens with zero attached hydrogens (tertiary/aromatic N) is 2. The van der Waals surface area contributed by atoms with Crippen LogP contribution in [0.2, 0.25) is 0 Å². The fourth-order valence-corrected chi connectivity index (χ4v) is 3.77. The van der Waals surface area contributed by atoms with Crippen molar-refractivity contribution < 1.29 is 28.9 Å². The van der Waals surface area contributed by atoms with E-state index in [0.29, 0.717) is 41.5 Å². The molecule has 0 saturated carbocycles. The molecular weight excluding hydrogens is 412 g/mol. The topological polar surface area (TPSA) is 88.5 Å². The molecule has 0 bridgehead atoms. The number of hydrogen-bond acceptors (Lipinski definition) is 7. The molecular formula is C24H28N2O6. The van der Waals surface area contributed by atoms with Crippen LogP contribution in [0.25, 0.3) is 5.76 Å². The van der Waals surface area contributed by atoms with Crippen LogP contribution in [0, 0.1) is 0 Å². The first-order valence-corrected chi connectivity index (χ1v) is 10.1. The number of hydrogen-bond donors (Lipinski definition) is 1. The number of likely N-dealkylation sites (tertiary alicyclic amines) is 1. The third-order valence-corrected chi connectivity index (χ3v) is 5.43. The van der Waals surface area contributed by atoms with Crippen LogP contribution in [0.15, 0.2) is 48.0 Å². The average molecular weight is 440 g/mol. The molecule has 32 heavy (non-hydrogen) atoms. The number of amides is 1. The molecule has 0 radical (unpaired) electrons. The molecule has 0 spiro atoms. The van der Waals surface area contributed by atoms with Gasteiger partial charge in [0.25, 0.3) is 11.7 Å². The normalized spacial score (nSPS) is 17.7. The van der Waals surface area contributed by atoms with Gasteiger partial charge in [-0.1, -0.05) is 18.2 Å². The van der Waals surface area contributed by atoms with Crippen LogP contribution in [-0.2, 0) is 9.59 Å². The summed E-state index contributed by atoms with van der Waals surface area (Å²) in [7, 11) is 8.27. The monoisotopic (exact) mass is 440 g/mol. The molecule has 0 aromatic heterocycles. The lowest BCUT2D eigenvalue weighted by Gasteiger charge is -2.27. The third-order valence-electron chi connectivity index (χ3n) is 5.43. The van der Waals surface area contributed by atoms with Gasteiger partial charge in [0, 0.05) is 24.7 Å². The molecule has 3 rings (SSSR count). The Bertz CT molecular complexity index is 1050. The Morgan fingerprint density at radius 2 is 1.69 bits per heavy atom. The Labute approximate surface area is 187 Å². The highest BCUT2D eigenvalue weighted by Crippen LogP contribution is 2.43. The van der Waals surface area contributed by atoms with Crippen LogP contribution >= 0.6 is 0 Å². The molecule has 1 saturated heterocycles. The van der Waals surface area contributed by atoms with Gasteiger partial charge in [-0.25, -0.2) is 0 Å². The highest BCUT2D eigenvalue weighted by molar-refractivity contribution is 6.46. The van der Waals surface area contributed by atoms with Crippen molar-refractivity contribution >= 4 is 17.4 Å². The molecule has 8 heteroatoms. The summed E-state index contributed by atoms with van der Waals surface area (Å²) < 4.78 is 16.1. The van der Waals surface area contributed by atoms with E-state index in [2.05, 4.69) is 0 Å². The number of para-hydroxylation sites is 1. The quantitative estimate of drug-likeness (QED) is 0.384. The first-order valence-electron chi connectivity index (χ1n) is 10.1. The highest BCUT2D eigenvalue weighted by atomic mass is 16.5. The predicted octanol–water partition coefficient (Wildman–Crippen LogP) is 2.70. The molecule has 2 aromatic carbocycles. The number of aliphatic hydroxyl groups is 1. The number of Topliss-reactive ketones (excluding diaryl/α,β-unsaturated/α-hetero) is 1. The van der Waals surface area contributed by atoms with Crippen LogP contribution in [0.3, 0.4) is 0 Å². The van der Waals surface area contributed by atoms with Crippen molar-refractivity contribution in [2.45, 2.75) is 6.04 Å². The zero-order valence-corrected chi connectivity index (χ0v) is 18.9. The van der Waals surface area contributed by atoms with E-state index in [9.17, 15) is 14.7 Å². The fraction of sp³-hybridized carbons (Fsp3) is 0.333. The molecule has 1 N–H and O–H groups in total. The number of carbonyl (C=O) groups is 2. The minimum absolute atomic E-state index is 0.0123. The Balaban J connectivity index is 2.23. The predicted molar refractivity (Wildman–Crippen MR) is 120 cm³/mol. The molecule has 0 aliphatic carbocycles. The summed E-state index contributed by atoms with van der Waals surface area (Å²) >= 11 is 0. The minimum atomic E-state index is -0.807. The van der Waals surface area contributed by atoms with Gasteiger partial charge in [-0.15, -0.1) is 0 Å². The van der Waals surface area contributed by atoms with E-state index in [-0.39, 0.29) is 11.3 Å². The van der Waals surface area contributed by atoms with Gasteiger partial charge in [0.1, 0.15) is 23.0 Å². The Morgan fingerprint density at radius 3 is 2.31 bits per heavy atom. The number of rotatable bonds is 8. The number of methoxy groups -OCH3 is 3. The van der Waals surface area contributed by atoms with Gasteiger partial charge in [-0.2, -0.15) is 0 Å². The number of benzene rings is 2. The van der Waals surface area contributed by atoms with Crippen LogP contribution in [0.5, 0.6) is 17.2 Å². The summed E-state index contributed by atoms with van der Waals surface area (Å²) in [6.45, 7) is 0.849. The summed E-state index contributed by atoms with van der Waals surface area (Å²) in [5.74, 6) is -0.369. The van der Waals surface area contributed by atoms with Crippen LogP contribution in [0.1, 0.15) is 17.2 Å². The van der Waals surface area contributed by atoms with Gasteiger partial charge in [-0.05, 0) is 32.3 Å². The van der Waals surface area contributed by atoms with Crippen LogP contribution in [-0.4, -0.2) is 75.1 Å². The summed E-state index contributed by atoms with van der Waals surface area (Å²) in [6.07, 6.45) is 0. The second kappa shape index (κ2) is 9.74. The van der Waals surface area contributed by atoms with Crippen molar-refractivity contribution in [3.05, 3.63) is 59.2 Å². The number of aliphatic hydroxyl groups excluding tert-OH is 1. The van der Waals surface area contributed by atoms with Gasteiger partial charge in [0.2, 0.25) is 0 Å². The van der Waals surface area contributed by atoms with Gasteiger partial charge < -0.3 is 29.1 Å². The van der Waals surface area contributed by atoms with Crippen molar-refractivity contribution in [1.29, 1.82) is 0 Å². The van der Waals surface area contributed by atoms with Gasteiger partial charge in [0.15, 0.2) is 0 Å². The van der Waals surface area contributed by atoms with E-state index in [1.54, 1.807) is 42.5 Å². The molecule has 2 aromatic rings. The standard InChI is InChI=1S/C24H28N2O6/c1-25(2)12-13-26-21(16-8-6-7-9-18(16)31-4)20(23(28)24(26)29)22(27)17-11-10-15(30-3)14-19(17)32-5/h6-11,14,21,27H,12-13H2,1-5H3/b22-20+/t21-/m1/s1. The van der Waals surface area contributed by atoms with E-state index in [1.165, 1.54) is 26.2 Å². The van der Waals surface area contributed by atoms with Crippen molar-refractivity contribution in [3.8, 4) is 17.2 Å². The van der Waals surface area contributed by atoms with E-state index < -0.39 is 17.7 Å². The molecule has 1 fully saturated rings. The van der Waals surface area contributed by atoms with Crippen molar-refractivity contribution in [1.82, 2.24) is 9.80 Å². The lowest BCUT2D eigenvalue weighted by atomic mass is 9.94. The van der Waals surface area contributed by atoms with Crippen molar-refractivity contribution in [2.24, 2.45) is 0 Å². The molecule has 170 valence electrons. The number of ether oxygens (including phenoxy) is 3. The summed E-state index contributed by atoms with van der Waals surface area (Å²) in [6, 6.07) is 11.2. The maximum Gasteiger partial charge on any atom is 0.295 e. The van der Waals surface area contributed by atoms with Crippen molar-refractivity contribution in [3.63, 3.8) is 0 Å². The molecule has 1 heterocycles. The fourth-order valence-electron chi connectivity index (χ4n) is 3.77. The zero-order valence-electron chi connectivity index (χ0n) is 18.9. The number of carbonyl (C=O) groups excluding carboxylic acids is 2. The SMILES string of the molecule is COc1ccc(/C(O)=C2\C(=O)C(=O)N(CCN(C)C)[C@@H]2c2ccccc2OC)c(OC)c1. The molecule has 1 atom stereocenters.